The van der Waals surface area contributed by atoms with Crippen molar-refractivity contribution in [1.29, 1.82) is 0 Å². The lowest BCUT2D eigenvalue weighted by Gasteiger charge is -2.12. The summed E-state index contributed by atoms with van der Waals surface area (Å²) in [4.78, 5) is 25.6. The average molecular weight is 551 g/mol. The normalized spacial score (nSPS) is 10.6. The van der Waals surface area contributed by atoms with Gasteiger partial charge in [-0.25, -0.2) is 14.3 Å². The second-order valence-electron chi connectivity index (χ2n) is 7.58. The molecule has 0 spiro atoms. The predicted octanol–water partition coefficient (Wildman–Crippen LogP) is 5.46. The molecule has 0 bridgehead atoms. The lowest BCUT2D eigenvalue weighted by Crippen LogP contribution is -2.15. The molecule has 3 aromatic carbocycles. The van der Waals surface area contributed by atoms with Gasteiger partial charge < -0.3 is 18.9 Å². The fourth-order valence-electron chi connectivity index (χ4n) is 3.63. The van der Waals surface area contributed by atoms with Crippen molar-refractivity contribution in [2.24, 2.45) is 0 Å². The smallest absolute Gasteiger partial charge is 0.357 e. The van der Waals surface area contributed by atoms with Crippen LogP contribution in [0.3, 0.4) is 0 Å². The van der Waals surface area contributed by atoms with Crippen molar-refractivity contribution in [2.75, 3.05) is 21.3 Å². The molecule has 4 rings (SSSR count). The Morgan fingerprint density at radius 3 is 2.19 bits per heavy atom. The Morgan fingerprint density at radius 2 is 1.56 bits per heavy atom. The van der Waals surface area contributed by atoms with E-state index in [1.165, 1.54) is 26.0 Å². The number of nitrogens with zero attached hydrogens (tertiary/aromatic N) is 2. The first kappa shape index (κ1) is 25.0. The number of carbonyl (C=O) groups excluding carboxylic acids is 2. The lowest BCUT2D eigenvalue weighted by molar-refractivity contribution is 0.0549. The highest BCUT2D eigenvalue weighted by Crippen LogP contribution is 2.36. The first-order valence-corrected chi connectivity index (χ1v) is 11.7. The summed E-state index contributed by atoms with van der Waals surface area (Å²) in [5.74, 6) is -0.490. The van der Waals surface area contributed by atoms with Crippen LogP contribution in [0.15, 0.2) is 77.3 Å². The third-order valence-electron chi connectivity index (χ3n) is 5.40. The number of halogens is 1. The van der Waals surface area contributed by atoms with Crippen molar-refractivity contribution in [3.8, 4) is 28.4 Å². The van der Waals surface area contributed by atoms with Crippen molar-refractivity contribution in [1.82, 2.24) is 9.78 Å². The third kappa shape index (κ3) is 5.11. The molecule has 4 aromatic rings. The van der Waals surface area contributed by atoms with Crippen LogP contribution in [0.5, 0.6) is 11.5 Å². The van der Waals surface area contributed by atoms with Crippen LogP contribution in [-0.4, -0.2) is 43.0 Å². The maximum absolute atomic E-state index is 12.9. The number of benzene rings is 3. The van der Waals surface area contributed by atoms with E-state index in [2.05, 4.69) is 21.0 Å². The predicted molar refractivity (Wildman–Crippen MR) is 137 cm³/mol. The van der Waals surface area contributed by atoms with Crippen LogP contribution < -0.4 is 9.47 Å². The van der Waals surface area contributed by atoms with E-state index in [1.807, 2.05) is 30.3 Å². The standard InChI is InChI=1S/C27H23BrN2O6/c1-33-22-15-18(11-14-21(22)36-16-17-9-12-19(28)13-10-17)24-23(26(31)34-2)25(27(32)35-3)30(29-24)20-7-5-4-6-8-20/h4-15H,16H2,1-3H3. The Bertz CT molecular complexity index is 1380. The van der Waals surface area contributed by atoms with Crippen LogP contribution in [-0.2, 0) is 16.1 Å². The van der Waals surface area contributed by atoms with Gasteiger partial charge in [0, 0.05) is 10.0 Å². The molecule has 0 amide bonds. The van der Waals surface area contributed by atoms with Gasteiger partial charge >= 0.3 is 11.9 Å². The third-order valence-corrected chi connectivity index (χ3v) is 5.93. The molecule has 0 fully saturated rings. The van der Waals surface area contributed by atoms with E-state index in [-0.39, 0.29) is 17.0 Å². The van der Waals surface area contributed by atoms with Gasteiger partial charge in [-0.1, -0.05) is 46.3 Å². The van der Waals surface area contributed by atoms with Crippen LogP contribution in [0.1, 0.15) is 26.4 Å². The summed E-state index contributed by atoms with van der Waals surface area (Å²) in [5.41, 5.74) is 2.28. The number of esters is 2. The maximum atomic E-state index is 12.9. The molecule has 36 heavy (non-hydrogen) atoms. The van der Waals surface area contributed by atoms with Crippen LogP contribution in [0, 0.1) is 0 Å². The molecule has 0 saturated heterocycles. The van der Waals surface area contributed by atoms with Gasteiger partial charge in [-0.3, -0.25) is 0 Å². The summed E-state index contributed by atoms with van der Waals surface area (Å²) in [6.45, 7) is 0.339. The molecular weight excluding hydrogens is 528 g/mol. The summed E-state index contributed by atoms with van der Waals surface area (Å²) >= 11 is 3.42. The van der Waals surface area contributed by atoms with E-state index < -0.39 is 11.9 Å². The maximum Gasteiger partial charge on any atom is 0.357 e. The minimum absolute atomic E-state index is 0.0150. The van der Waals surface area contributed by atoms with E-state index in [0.29, 0.717) is 29.4 Å². The van der Waals surface area contributed by atoms with Crippen LogP contribution >= 0.6 is 15.9 Å². The zero-order valence-electron chi connectivity index (χ0n) is 19.9. The van der Waals surface area contributed by atoms with E-state index >= 15 is 0 Å². The highest BCUT2D eigenvalue weighted by Gasteiger charge is 2.31. The highest BCUT2D eigenvalue weighted by atomic mass is 79.9. The molecule has 0 atom stereocenters. The molecule has 9 heteroatoms. The first-order valence-electron chi connectivity index (χ1n) is 10.9. The molecule has 8 nitrogen and oxygen atoms in total. The van der Waals surface area contributed by atoms with Crippen molar-refractivity contribution >= 4 is 27.9 Å². The first-order chi connectivity index (χ1) is 17.5. The molecule has 1 heterocycles. The summed E-state index contributed by atoms with van der Waals surface area (Å²) < 4.78 is 23.9. The van der Waals surface area contributed by atoms with E-state index in [1.54, 1.807) is 42.5 Å². The lowest BCUT2D eigenvalue weighted by atomic mass is 10.0. The number of hydrogen-bond donors (Lipinski definition) is 0. The van der Waals surface area contributed by atoms with Gasteiger partial charge in [-0.15, -0.1) is 0 Å². The van der Waals surface area contributed by atoms with E-state index in [0.717, 1.165) is 10.0 Å². The Kier molecular flexibility index (Phi) is 7.70. The van der Waals surface area contributed by atoms with Crippen molar-refractivity contribution in [3.05, 3.63) is 94.1 Å². The van der Waals surface area contributed by atoms with Crippen molar-refractivity contribution in [3.63, 3.8) is 0 Å². The summed E-state index contributed by atoms with van der Waals surface area (Å²) in [7, 11) is 4.01. The van der Waals surface area contributed by atoms with E-state index in [9.17, 15) is 9.59 Å². The SMILES string of the molecule is COC(=O)c1c(-c2ccc(OCc3ccc(Br)cc3)c(OC)c2)nn(-c2ccccc2)c1C(=O)OC. The molecule has 0 aliphatic carbocycles. The van der Waals surface area contributed by atoms with Gasteiger partial charge in [-0.2, -0.15) is 5.10 Å². The molecule has 0 N–H and O–H groups in total. The van der Waals surface area contributed by atoms with Gasteiger partial charge in [0.25, 0.3) is 0 Å². The zero-order valence-corrected chi connectivity index (χ0v) is 21.4. The van der Waals surface area contributed by atoms with Gasteiger partial charge in [0.1, 0.15) is 17.9 Å². The largest absolute Gasteiger partial charge is 0.493 e. The summed E-state index contributed by atoms with van der Waals surface area (Å²) in [6.07, 6.45) is 0. The van der Waals surface area contributed by atoms with Crippen LogP contribution in [0.2, 0.25) is 0 Å². The number of rotatable bonds is 8. The number of para-hydroxylation sites is 1. The fraction of sp³-hybridized carbons (Fsp3) is 0.148. The second kappa shape index (κ2) is 11.1. The Balaban J connectivity index is 1.79. The number of methoxy groups -OCH3 is 3. The quantitative estimate of drug-likeness (QED) is 0.269. The van der Waals surface area contributed by atoms with Gasteiger partial charge in [0.05, 0.1) is 27.0 Å². The summed E-state index contributed by atoms with van der Waals surface area (Å²) in [5, 5.41) is 4.61. The molecule has 0 saturated carbocycles. The molecular formula is C27H23BrN2O6. The number of ether oxygens (including phenoxy) is 4. The number of hydrogen-bond acceptors (Lipinski definition) is 7. The molecule has 0 aliphatic rings. The fourth-order valence-corrected chi connectivity index (χ4v) is 3.90. The zero-order chi connectivity index (χ0) is 25.7. The average Bonchev–Trinajstić information content (AvgIpc) is 3.33. The number of carbonyl (C=O) groups is 2. The van der Waals surface area contributed by atoms with Crippen LogP contribution in [0.4, 0.5) is 0 Å². The topological polar surface area (TPSA) is 88.9 Å². The van der Waals surface area contributed by atoms with E-state index in [4.69, 9.17) is 18.9 Å². The highest BCUT2D eigenvalue weighted by molar-refractivity contribution is 9.10. The Morgan fingerprint density at radius 1 is 0.861 bits per heavy atom. The Hall–Kier alpha value is -4.11. The molecule has 0 radical (unpaired) electrons. The van der Waals surface area contributed by atoms with Gasteiger partial charge in [0.2, 0.25) is 0 Å². The molecule has 184 valence electrons. The minimum Gasteiger partial charge on any atom is -0.493 e. The summed E-state index contributed by atoms with van der Waals surface area (Å²) in [6, 6.07) is 21.9. The van der Waals surface area contributed by atoms with Crippen LogP contribution in [0.25, 0.3) is 16.9 Å². The monoisotopic (exact) mass is 550 g/mol. The van der Waals surface area contributed by atoms with Gasteiger partial charge in [0.15, 0.2) is 17.2 Å². The van der Waals surface area contributed by atoms with Gasteiger partial charge in [-0.05, 0) is 48.0 Å². The number of aromatic nitrogens is 2. The molecule has 0 aliphatic heterocycles. The van der Waals surface area contributed by atoms with Crippen molar-refractivity contribution in [2.45, 2.75) is 6.61 Å². The minimum atomic E-state index is -0.723. The second-order valence-corrected chi connectivity index (χ2v) is 8.50. The molecule has 1 aromatic heterocycles. The Labute approximate surface area is 216 Å². The van der Waals surface area contributed by atoms with Crippen molar-refractivity contribution < 1.29 is 28.5 Å². The molecule has 0 unspecified atom stereocenters.